The number of hydrogen-bond donors (Lipinski definition) is 2. The van der Waals surface area contributed by atoms with Gasteiger partial charge in [-0.2, -0.15) is 0 Å². The van der Waals surface area contributed by atoms with Crippen molar-refractivity contribution >= 4 is 30.1 Å². The van der Waals surface area contributed by atoms with Gasteiger partial charge in [0.25, 0.3) is 0 Å². The van der Waals surface area contributed by atoms with Gasteiger partial charge in [0.05, 0.1) is 10.7 Å². The number of nitrogens with zero attached hydrogens (tertiary/aromatic N) is 3. The van der Waals surface area contributed by atoms with Crippen LogP contribution in [-0.4, -0.2) is 37.8 Å². The maximum absolute atomic E-state index is 9.10. The van der Waals surface area contributed by atoms with Crippen molar-refractivity contribution < 1.29 is 10.0 Å². The molecule has 2 aromatic heterocycles. The first-order valence-corrected chi connectivity index (χ1v) is 7.26. The highest BCUT2D eigenvalue weighted by atomic mass is 32.2. The highest BCUT2D eigenvalue weighted by Crippen LogP contribution is 2.23. The second kappa shape index (κ2) is 5.28. The molecule has 0 spiro atoms. The summed E-state index contributed by atoms with van der Waals surface area (Å²) in [7, 11) is -1.45. The summed E-state index contributed by atoms with van der Waals surface area (Å²) >= 11 is 1.62. The summed E-state index contributed by atoms with van der Waals surface area (Å²) in [5.74, 6) is 0.651. The topological polar surface area (TPSA) is 70.7 Å². The van der Waals surface area contributed by atoms with Crippen LogP contribution in [-0.2, 0) is 0 Å². The van der Waals surface area contributed by atoms with E-state index in [1.807, 2.05) is 35.1 Å². The van der Waals surface area contributed by atoms with E-state index in [4.69, 9.17) is 10.0 Å². The van der Waals surface area contributed by atoms with Gasteiger partial charge in [-0.1, -0.05) is 24.3 Å². The van der Waals surface area contributed by atoms with Crippen molar-refractivity contribution in [3.8, 4) is 11.3 Å². The molecule has 2 N–H and O–H groups in total. The van der Waals surface area contributed by atoms with Crippen LogP contribution in [0.1, 0.15) is 0 Å². The zero-order valence-electron chi connectivity index (χ0n) is 10.8. The lowest BCUT2D eigenvalue weighted by Gasteiger charge is -2.07. The second-order valence-electron chi connectivity index (χ2n) is 4.28. The van der Waals surface area contributed by atoms with E-state index in [9.17, 15) is 0 Å². The Kier molecular flexibility index (Phi) is 3.48. The number of rotatable bonds is 3. The van der Waals surface area contributed by atoms with Gasteiger partial charge in [-0.25, -0.2) is 9.97 Å². The van der Waals surface area contributed by atoms with Gasteiger partial charge < -0.3 is 10.0 Å². The number of imidazole rings is 1. The predicted molar refractivity (Wildman–Crippen MR) is 80.0 cm³/mol. The Bertz CT molecular complexity index is 743. The van der Waals surface area contributed by atoms with Crippen LogP contribution in [0, 0.1) is 0 Å². The second-order valence-corrected chi connectivity index (χ2v) is 5.10. The molecule has 5 nitrogen and oxygen atoms in total. The fourth-order valence-electron chi connectivity index (χ4n) is 2.01. The molecule has 0 aliphatic carbocycles. The third kappa shape index (κ3) is 2.31. The molecule has 0 bridgehead atoms. The van der Waals surface area contributed by atoms with Crippen molar-refractivity contribution in [2.24, 2.45) is 0 Å². The normalized spacial score (nSPS) is 10.9. The molecule has 0 saturated heterocycles. The third-order valence-corrected chi connectivity index (χ3v) is 3.79. The minimum atomic E-state index is -1.45. The maximum atomic E-state index is 9.10. The largest absolute Gasteiger partial charge is 0.488 e. The van der Waals surface area contributed by atoms with Crippen molar-refractivity contribution in [3.05, 3.63) is 42.7 Å². The van der Waals surface area contributed by atoms with E-state index in [0.29, 0.717) is 11.2 Å². The number of hydrogen-bond acceptors (Lipinski definition) is 5. The van der Waals surface area contributed by atoms with Gasteiger partial charge in [0.2, 0.25) is 5.78 Å². The van der Waals surface area contributed by atoms with Crippen LogP contribution in [0.15, 0.2) is 47.8 Å². The van der Waals surface area contributed by atoms with Gasteiger partial charge in [-0.15, -0.1) is 11.8 Å². The third-order valence-electron chi connectivity index (χ3n) is 3.05. The van der Waals surface area contributed by atoms with Crippen molar-refractivity contribution in [1.29, 1.82) is 0 Å². The van der Waals surface area contributed by atoms with Crippen LogP contribution >= 0.6 is 11.8 Å². The monoisotopic (exact) mass is 285 g/mol. The van der Waals surface area contributed by atoms with Crippen molar-refractivity contribution in [2.75, 3.05) is 6.26 Å². The Morgan fingerprint density at radius 1 is 1.20 bits per heavy atom. The van der Waals surface area contributed by atoms with Crippen LogP contribution in [0.25, 0.3) is 17.0 Å². The molecule has 3 aromatic rings. The molecule has 0 fully saturated rings. The molecule has 0 radical (unpaired) electrons. The Balaban J connectivity index is 2.09. The Labute approximate surface area is 120 Å². The minimum Gasteiger partial charge on any atom is -0.423 e. The summed E-state index contributed by atoms with van der Waals surface area (Å²) in [5.41, 5.74) is 2.18. The Morgan fingerprint density at radius 2 is 1.95 bits per heavy atom. The zero-order valence-corrected chi connectivity index (χ0v) is 11.6. The summed E-state index contributed by atoms with van der Waals surface area (Å²) in [6.07, 6.45) is 5.60. The molecule has 0 unspecified atom stereocenters. The average molecular weight is 285 g/mol. The van der Waals surface area contributed by atoms with E-state index in [-0.39, 0.29) is 0 Å². The van der Waals surface area contributed by atoms with E-state index in [1.165, 1.54) is 0 Å². The average Bonchev–Trinajstić information content (AvgIpc) is 2.94. The molecule has 20 heavy (non-hydrogen) atoms. The Morgan fingerprint density at radius 3 is 2.60 bits per heavy atom. The first kappa shape index (κ1) is 13.2. The molecule has 0 atom stereocenters. The number of fused-ring (bicyclic) bond motifs is 1. The molecule has 3 rings (SSSR count). The minimum absolute atomic E-state index is 0.459. The van der Waals surface area contributed by atoms with Crippen LogP contribution in [0.5, 0.6) is 0 Å². The van der Waals surface area contributed by atoms with Gasteiger partial charge in [0, 0.05) is 18.0 Å². The standard InChI is InChI=1S/C13H12BN3O2S/c1-20-12-8-11(16-13-15-6-7-17(12)13)9-2-4-10(5-3-9)14(18)19/h2-8,18-19H,1H3. The number of thioether (sulfide) groups is 1. The molecule has 0 aliphatic rings. The van der Waals surface area contributed by atoms with Gasteiger partial charge in [-0.05, 0) is 17.8 Å². The predicted octanol–water partition coefficient (Wildman–Crippen LogP) is 0.798. The summed E-state index contributed by atoms with van der Waals surface area (Å²) < 4.78 is 1.93. The van der Waals surface area contributed by atoms with Gasteiger partial charge in [0.1, 0.15) is 0 Å². The SMILES string of the molecule is CSc1cc(-c2ccc(B(O)O)cc2)nc2nccn12. The van der Waals surface area contributed by atoms with E-state index in [1.54, 1.807) is 30.1 Å². The van der Waals surface area contributed by atoms with Gasteiger partial charge in [0.15, 0.2) is 0 Å². The number of aromatic nitrogens is 3. The molecule has 100 valence electrons. The summed E-state index contributed by atoms with van der Waals surface area (Å²) in [4.78, 5) is 8.72. The molecule has 1 aromatic carbocycles. The van der Waals surface area contributed by atoms with E-state index >= 15 is 0 Å². The van der Waals surface area contributed by atoms with E-state index in [0.717, 1.165) is 16.3 Å². The van der Waals surface area contributed by atoms with Crippen LogP contribution in [0.4, 0.5) is 0 Å². The van der Waals surface area contributed by atoms with Crippen molar-refractivity contribution in [3.63, 3.8) is 0 Å². The van der Waals surface area contributed by atoms with Crippen molar-refractivity contribution in [2.45, 2.75) is 5.03 Å². The summed E-state index contributed by atoms with van der Waals surface area (Å²) in [5, 5.41) is 19.3. The molecule has 2 heterocycles. The smallest absolute Gasteiger partial charge is 0.423 e. The molecular formula is C13H12BN3O2S. The molecule has 0 aliphatic heterocycles. The maximum Gasteiger partial charge on any atom is 0.488 e. The first-order valence-electron chi connectivity index (χ1n) is 6.03. The molecule has 7 heteroatoms. The quantitative estimate of drug-likeness (QED) is 0.423. The lowest BCUT2D eigenvalue weighted by Crippen LogP contribution is -2.29. The van der Waals surface area contributed by atoms with Gasteiger partial charge >= 0.3 is 7.12 Å². The fraction of sp³-hybridized carbons (Fsp3) is 0.0769. The van der Waals surface area contributed by atoms with Crippen LogP contribution < -0.4 is 5.46 Å². The van der Waals surface area contributed by atoms with E-state index < -0.39 is 7.12 Å². The van der Waals surface area contributed by atoms with Crippen LogP contribution in [0.2, 0.25) is 0 Å². The summed E-state index contributed by atoms with van der Waals surface area (Å²) in [6.45, 7) is 0. The molecule has 0 amide bonds. The Hall–Kier alpha value is -1.83. The first-order chi connectivity index (χ1) is 9.69. The number of benzene rings is 1. The zero-order chi connectivity index (χ0) is 14.1. The molecular weight excluding hydrogens is 273 g/mol. The highest BCUT2D eigenvalue weighted by Gasteiger charge is 2.11. The van der Waals surface area contributed by atoms with Crippen molar-refractivity contribution in [1.82, 2.24) is 14.4 Å². The van der Waals surface area contributed by atoms with Crippen LogP contribution in [0.3, 0.4) is 0 Å². The molecule has 0 saturated carbocycles. The summed E-state index contributed by atoms with van der Waals surface area (Å²) in [6, 6.07) is 8.98. The lowest BCUT2D eigenvalue weighted by molar-refractivity contribution is 0.426. The lowest BCUT2D eigenvalue weighted by atomic mass is 9.80. The van der Waals surface area contributed by atoms with E-state index in [2.05, 4.69) is 9.97 Å². The highest BCUT2D eigenvalue weighted by molar-refractivity contribution is 7.98. The fourth-order valence-corrected chi connectivity index (χ4v) is 2.58. The van der Waals surface area contributed by atoms with Gasteiger partial charge in [-0.3, -0.25) is 4.40 Å².